The van der Waals surface area contributed by atoms with Gasteiger partial charge >= 0.3 is 0 Å². The first-order valence-corrected chi connectivity index (χ1v) is 11.6. The summed E-state index contributed by atoms with van der Waals surface area (Å²) in [6, 6.07) is 20.0. The van der Waals surface area contributed by atoms with Crippen molar-refractivity contribution in [1.29, 1.82) is 0 Å². The maximum atomic E-state index is 13.4. The highest BCUT2D eigenvalue weighted by molar-refractivity contribution is 5.81. The molecule has 0 unspecified atom stereocenters. The summed E-state index contributed by atoms with van der Waals surface area (Å²) in [5.74, 6) is 0.551. The molecule has 0 spiro atoms. The average Bonchev–Trinajstić information content (AvgIpc) is 3.13. The molecule has 3 nitrogen and oxygen atoms in total. The third-order valence-electron chi connectivity index (χ3n) is 6.70. The number of aryl methyl sites for hydroxylation is 1. The second-order valence-electron chi connectivity index (χ2n) is 9.20. The second kappa shape index (κ2) is 9.25. The number of benzene rings is 2. The summed E-state index contributed by atoms with van der Waals surface area (Å²) in [6.45, 7) is 6.09. The maximum Gasteiger partial charge on any atom is 0.123 e. The van der Waals surface area contributed by atoms with Crippen molar-refractivity contribution in [2.24, 2.45) is 5.92 Å². The molecule has 1 saturated heterocycles. The van der Waals surface area contributed by atoms with Gasteiger partial charge in [0.05, 0.1) is 0 Å². The minimum absolute atomic E-state index is 0.185. The molecule has 0 amide bonds. The summed E-state index contributed by atoms with van der Waals surface area (Å²) in [5, 5.41) is 1.27. The lowest BCUT2D eigenvalue weighted by atomic mass is 9.90. The van der Waals surface area contributed by atoms with Crippen molar-refractivity contribution in [2.45, 2.75) is 39.3 Å². The molecule has 2 aromatic carbocycles. The van der Waals surface area contributed by atoms with Crippen LogP contribution in [0.25, 0.3) is 10.9 Å². The van der Waals surface area contributed by atoms with Crippen molar-refractivity contribution >= 4 is 10.9 Å². The van der Waals surface area contributed by atoms with E-state index in [0.29, 0.717) is 0 Å². The molecule has 0 bridgehead atoms. The number of halogens is 1. The molecule has 1 aliphatic heterocycles. The number of piperidine rings is 1. The SMILES string of the molecule is Cc1cncc(CC2CCN(Cc3cc4ccccc4n3Cc3ccc(F)cc3)CC2)c1. The van der Waals surface area contributed by atoms with Crippen LogP contribution in [0.4, 0.5) is 4.39 Å². The van der Waals surface area contributed by atoms with Gasteiger partial charge in [-0.1, -0.05) is 36.4 Å². The Hall–Kier alpha value is -2.98. The zero-order valence-corrected chi connectivity index (χ0v) is 18.7. The normalized spacial score (nSPS) is 15.4. The number of hydrogen-bond donors (Lipinski definition) is 0. The minimum Gasteiger partial charge on any atom is -0.339 e. The summed E-state index contributed by atoms with van der Waals surface area (Å²) in [4.78, 5) is 6.94. The van der Waals surface area contributed by atoms with Gasteiger partial charge in [0.15, 0.2) is 0 Å². The molecule has 164 valence electrons. The van der Waals surface area contributed by atoms with Crippen LogP contribution in [0.5, 0.6) is 0 Å². The molecule has 0 radical (unpaired) electrons. The van der Waals surface area contributed by atoms with Gasteiger partial charge in [0.2, 0.25) is 0 Å². The molecule has 4 heteroatoms. The zero-order valence-electron chi connectivity index (χ0n) is 18.7. The lowest BCUT2D eigenvalue weighted by molar-refractivity contribution is 0.174. The van der Waals surface area contributed by atoms with Gasteiger partial charge in [-0.2, -0.15) is 0 Å². The van der Waals surface area contributed by atoms with Gasteiger partial charge in [-0.25, -0.2) is 4.39 Å². The Labute approximate surface area is 189 Å². The van der Waals surface area contributed by atoms with E-state index in [1.165, 1.54) is 40.6 Å². The van der Waals surface area contributed by atoms with Crippen LogP contribution in [-0.4, -0.2) is 27.5 Å². The van der Waals surface area contributed by atoms with Gasteiger partial charge in [0, 0.05) is 36.7 Å². The predicted octanol–water partition coefficient (Wildman–Crippen LogP) is 5.99. The van der Waals surface area contributed by atoms with Crippen LogP contribution in [0.2, 0.25) is 0 Å². The van der Waals surface area contributed by atoms with Gasteiger partial charge < -0.3 is 4.57 Å². The second-order valence-corrected chi connectivity index (χ2v) is 9.20. The lowest BCUT2D eigenvalue weighted by Crippen LogP contribution is -2.34. The van der Waals surface area contributed by atoms with E-state index in [1.807, 2.05) is 24.5 Å². The highest BCUT2D eigenvalue weighted by Gasteiger charge is 2.21. The molecule has 1 fully saturated rings. The van der Waals surface area contributed by atoms with Crippen LogP contribution >= 0.6 is 0 Å². The van der Waals surface area contributed by atoms with E-state index in [0.717, 1.165) is 44.1 Å². The molecule has 0 atom stereocenters. The van der Waals surface area contributed by atoms with Gasteiger partial charge in [0.1, 0.15) is 5.82 Å². The Morgan fingerprint density at radius 2 is 1.69 bits per heavy atom. The molecular weight excluding hydrogens is 397 g/mol. The molecular formula is C28H30FN3. The molecule has 5 rings (SSSR count). The first-order valence-electron chi connectivity index (χ1n) is 11.6. The van der Waals surface area contributed by atoms with E-state index >= 15 is 0 Å². The van der Waals surface area contributed by atoms with Crippen molar-refractivity contribution in [1.82, 2.24) is 14.5 Å². The highest BCUT2D eigenvalue weighted by Crippen LogP contribution is 2.26. The number of rotatable bonds is 6. The number of pyridine rings is 1. The van der Waals surface area contributed by atoms with E-state index in [1.54, 1.807) is 12.1 Å². The number of para-hydroxylation sites is 1. The Morgan fingerprint density at radius 3 is 2.47 bits per heavy atom. The van der Waals surface area contributed by atoms with Crippen LogP contribution in [-0.2, 0) is 19.5 Å². The molecule has 0 saturated carbocycles. The largest absolute Gasteiger partial charge is 0.339 e. The van der Waals surface area contributed by atoms with Crippen LogP contribution in [0.15, 0.2) is 73.1 Å². The zero-order chi connectivity index (χ0) is 21.9. The summed E-state index contributed by atoms with van der Waals surface area (Å²) < 4.78 is 15.8. The summed E-state index contributed by atoms with van der Waals surface area (Å²) >= 11 is 0. The van der Waals surface area contributed by atoms with E-state index in [9.17, 15) is 4.39 Å². The van der Waals surface area contributed by atoms with Crippen molar-refractivity contribution in [3.8, 4) is 0 Å². The number of hydrogen-bond acceptors (Lipinski definition) is 2. The Balaban J connectivity index is 1.28. The first kappa shape index (κ1) is 20.9. The first-order chi connectivity index (χ1) is 15.6. The molecule has 0 aliphatic carbocycles. The standard InChI is InChI=1S/C28H30FN3/c1-21-14-24(18-30-17-21)15-22-10-12-31(13-11-22)20-27-16-25-4-2-3-5-28(25)32(27)19-23-6-8-26(29)9-7-23/h2-9,14,16-18,22H,10-13,15,19-20H2,1H3. The summed E-state index contributed by atoms with van der Waals surface area (Å²) in [5.41, 5.74) is 6.31. The lowest BCUT2D eigenvalue weighted by Gasteiger charge is -2.32. The number of nitrogens with zero attached hydrogens (tertiary/aromatic N) is 3. The average molecular weight is 428 g/mol. The fourth-order valence-corrected chi connectivity index (χ4v) is 5.00. The van der Waals surface area contributed by atoms with Crippen LogP contribution in [0.1, 0.15) is 35.2 Å². The fraction of sp³-hybridized carbons (Fsp3) is 0.321. The topological polar surface area (TPSA) is 21.1 Å². The third-order valence-corrected chi connectivity index (χ3v) is 6.70. The van der Waals surface area contributed by atoms with Crippen LogP contribution in [0, 0.1) is 18.7 Å². The van der Waals surface area contributed by atoms with Crippen molar-refractivity contribution in [2.75, 3.05) is 13.1 Å². The van der Waals surface area contributed by atoms with Gasteiger partial charge in [-0.15, -0.1) is 0 Å². The van der Waals surface area contributed by atoms with Gasteiger partial charge in [-0.3, -0.25) is 9.88 Å². The van der Waals surface area contributed by atoms with Gasteiger partial charge in [-0.05, 0) is 91.5 Å². The summed E-state index contributed by atoms with van der Waals surface area (Å²) in [7, 11) is 0. The smallest absolute Gasteiger partial charge is 0.123 e. The van der Waals surface area contributed by atoms with Crippen molar-refractivity contribution in [3.05, 3.63) is 101 Å². The van der Waals surface area contributed by atoms with Crippen LogP contribution in [0.3, 0.4) is 0 Å². The Kier molecular flexibility index (Phi) is 6.04. The molecule has 3 heterocycles. The van der Waals surface area contributed by atoms with Crippen molar-refractivity contribution in [3.63, 3.8) is 0 Å². The molecule has 0 N–H and O–H groups in total. The number of fused-ring (bicyclic) bond motifs is 1. The van der Waals surface area contributed by atoms with E-state index in [2.05, 4.69) is 57.8 Å². The quantitative estimate of drug-likeness (QED) is 0.377. The Bertz CT molecular complexity index is 1190. The van der Waals surface area contributed by atoms with E-state index < -0.39 is 0 Å². The highest BCUT2D eigenvalue weighted by atomic mass is 19.1. The van der Waals surface area contributed by atoms with Crippen LogP contribution < -0.4 is 0 Å². The summed E-state index contributed by atoms with van der Waals surface area (Å²) in [6.07, 6.45) is 7.54. The third kappa shape index (κ3) is 4.76. The maximum absolute atomic E-state index is 13.4. The Morgan fingerprint density at radius 1 is 0.906 bits per heavy atom. The van der Waals surface area contributed by atoms with Gasteiger partial charge in [0.25, 0.3) is 0 Å². The molecule has 4 aromatic rings. The molecule has 1 aliphatic rings. The van der Waals surface area contributed by atoms with E-state index in [4.69, 9.17) is 0 Å². The fourth-order valence-electron chi connectivity index (χ4n) is 5.00. The predicted molar refractivity (Wildman–Crippen MR) is 128 cm³/mol. The monoisotopic (exact) mass is 427 g/mol. The van der Waals surface area contributed by atoms with E-state index in [-0.39, 0.29) is 5.82 Å². The minimum atomic E-state index is -0.185. The molecule has 32 heavy (non-hydrogen) atoms. The number of aromatic nitrogens is 2. The number of likely N-dealkylation sites (tertiary alicyclic amines) is 1. The molecule has 2 aromatic heterocycles. The van der Waals surface area contributed by atoms with Crippen molar-refractivity contribution < 1.29 is 4.39 Å².